The Morgan fingerprint density at radius 2 is 2.06 bits per heavy atom. The lowest BCUT2D eigenvalue weighted by molar-refractivity contribution is 0.627. The van der Waals surface area contributed by atoms with Crippen LogP contribution in [0.3, 0.4) is 0 Å². The summed E-state index contributed by atoms with van der Waals surface area (Å²) in [7, 11) is 1.84. The number of benzene rings is 1. The molecule has 0 aliphatic heterocycles. The van der Waals surface area contributed by atoms with Crippen LogP contribution in [0.4, 0.5) is 16.0 Å². The van der Waals surface area contributed by atoms with Crippen molar-refractivity contribution in [3.63, 3.8) is 0 Å². The van der Waals surface area contributed by atoms with E-state index in [1.54, 1.807) is 16.7 Å². The maximum Gasteiger partial charge on any atom is 0.229 e. The van der Waals surface area contributed by atoms with E-state index in [0.29, 0.717) is 10.7 Å². The zero-order valence-corrected chi connectivity index (χ0v) is 10.5. The molecule has 90 valence electrons. The van der Waals surface area contributed by atoms with Crippen LogP contribution in [0, 0.1) is 10.6 Å². The first kappa shape index (κ1) is 11.8. The van der Waals surface area contributed by atoms with E-state index in [-0.39, 0.29) is 5.82 Å². The number of H-pyrrole nitrogens is 1. The second-order valence-electron chi connectivity index (χ2n) is 3.61. The minimum atomic E-state index is -0.250. The van der Waals surface area contributed by atoms with Crippen molar-refractivity contribution in [2.75, 3.05) is 11.4 Å². The molecule has 1 heterocycles. The molecular weight excluding hydrogens is 239 g/mol. The lowest BCUT2D eigenvalue weighted by atomic mass is 10.3. The molecule has 0 radical (unpaired) electrons. The molecule has 0 saturated carbocycles. The van der Waals surface area contributed by atoms with E-state index < -0.39 is 0 Å². The molecule has 4 nitrogen and oxygen atoms in total. The van der Waals surface area contributed by atoms with Crippen LogP contribution in [0.5, 0.6) is 0 Å². The summed E-state index contributed by atoms with van der Waals surface area (Å²) < 4.78 is 15.2. The fourth-order valence-electron chi connectivity index (χ4n) is 1.64. The molecule has 0 atom stereocenters. The molecule has 1 N–H and O–H groups in total. The Kier molecular flexibility index (Phi) is 3.23. The van der Waals surface area contributed by atoms with Gasteiger partial charge in [-0.25, -0.2) is 9.49 Å². The number of hydrogen-bond acceptors (Lipinski definition) is 3. The summed E-state index contributed by atoms with van der Waals surface area (Å²) in [6.45, 7) is 2.72. The van der Waals surface area contributed by atoms with Gasteiger partial charge in [0.1, 0.15) is 5.82 Å². The second-order valence-corrected chi connectivity index (χ2v) is 4.00. The maximum atomic E-state index is 12.9. The van der Waals surface area contributed by atoms with E-state index in [1.165, 1.54) is 12.1 Å². The van der Waals surface area contributed by atoms with Gasteiger partial charge in [0.2, 0.25) is 5.95 Å². The SMILES string of the molecule is CCN(c1ccc(F)cc1)c1n[nH]c(=S)n1C. The predicted octanol–water partition coefficient (Wildman–Crippen LogP) is 2.77. The number of anilines is 2. The third-order valence-corrected chi connectivity index (χ3v) is 2.92. The molecule has 0 aliphatic rings. The number of aromatic amines is 1. The molecule has 0 spiro atoms. The summed E-state index contributed by atoms with van der Waals surface area (Å²) in [5.41, 5.74) is 0.881. The third kappa shape index (κ3) is 2.21. The normalized spacial score (nSPS) is 10.5. The Morgan fingerprint density at radius 1 is 1.41 bits per heavy atom. The van der Waals surface area contributed by atoms with Crippen molar-refractivity contribution in [3.8, 4) is 0 Å². The van der Waals surface area contributed by atoms with Gasteiger partial charge in [0.25, 0.3) is 0 Å². The van der Waals surface area contributed by atoms with Gasteiger partial charge in [-0.05, 0) is 43.4 Å². The summed E-state index contributed by atoms with van der Waals surface area (Å²) in [4.78, 5) is 1.95. The summed E-state index contributed by atoms with van der Waals surface area (Å²) in [6.07, 6.45) is 0. The van der Waals surface area contributed by atoms with Gasteiger partial charge in [-0.2, -0.15) is 0 Å². The lowest BCUT2D eigenvalue weighted by Gasteiger charge is -2.21. The maximum absolute atomic E-state index is 12.9. The highest BCUT2D eigenvalue weighted by atomic mass is 32.1. The number of nitrogens with zero attached hydrogens (tertiary/aromatic N) is 3. The van der Waals surface area contributed by atoms with E-state index in [1.807, 2.05) is 18.9 Å². The smallest absolute Gasteiger partial charge is 0.229 e. The average molecular weight is 252 g/mol. The van der Waals surface area contributed by atoms with Crippen LogP contribution in [0.1, 0.15) is 6.92 Å². The van der Waals surface area contributed by atoms with E-state index in [4.69, 9.17) is 12.2 Å². The van der Waals surface area contributed by atoms with Gasteiger partial charge in [-0.15, -0.1) is 5.10 Å². The van der Waals surface area contributed by atoms with E-state index in [2.05, 4.69) is 10.2 Å². The zero-order valence-electron chi connectivity index (χ0n) is 9.64. The summed E-state index contributed by atoms with van der Waals surface area (Å²) in [5, 5.41) is 6.90. The molecule has 17 heavy (non-hydrogen) atoms. The molecule has 0 fully saturated rings. The number of rotatable bonds is 3. The largest absolute Gasteiger partial charge is 0.311 e. The van der Waals surface area contributed by atoms with Gasteiger partial charge < -0.3 is 4.90 Å². The molecule has 1 aromatic heterocycles. The number of nitrogens with one attached hydrogen (secondary N) is 1. The summed E-state index contributed by atoms with van der Waals surface area (Å²) in [5.74, 6) is 0.462. The van der Waals surface area contributed by atoms with Gasteiger partial charge in [0, 0.05) is 19.3 Å². The molecule has 1 aromatic carbocycles. The average Bonchev–Trinajstić information content (AvgIpc) is 2.65. The number of aromatic nitrogens is 3. The van der Waals surface area contributed by atoms with Crippen molar-refractivity contribution in [1.29, 1.82) is 0 Å². The van der Waals surface area contributed by atoms with Crippen LogP contribution in [0.25, 0.3) is 0 Å². The van der Waals surface area contributed by atoms with Crippen LogP contribution in [0.15, 0.2) is 24.3 Å². The Morgan fingerprint density at radius 3 is 2.53 bits per heavy atom. The molecule has 0 bridgehead atoms. The molecule has 0 unspecified atom stereocenters. The molecule has 2 aromatic rings. The molecule has 0 amide bonds. The van der Waals surface area contributed by atoms with E-state index in [0.717, 1.165) is 12.2 Å². The number of halogens is 1. The van der Waals surface area contributed by atoms with Crippen molar-refractivity contribution in [3.05, 3.63) is 34.9 Å². The monoisotopic (exact) mass is 252 g/mol. The van der Waals surface area contributed by atoms with Crippen molar-refractivity contribution in [2.24, 2.45) is 7.05 Å². The second kappa shape index (κ2) is 4.67. The Balaban J connectivity index is 2.43. The van der Waals surface area contributed by atoms with Gasteiger partial charge >= 0.3 is 0 Å². The Labute approximate surface area is 104 Å². The summed E-state index contributed by atoms with van der Waals surface area (Å²) in [6, 6.07) is 6.30. The first-order chi connectivity index (χ1) is 8.13. The van der Waals surface area contributed by atoms with Gasteiger partial charge in [-0.3, -0.25) is 4.57 Å². The van der Waals surface area contributed by atoms with Gasteiger partial charge in [-0.1, -0.05) is 0 Å². The molecular formula is C11H13FN4S. The van der Waals surface area contributed by atoms with E-state index >= 15 is 0 Å². The Bertz CT molecular complexity index is 558. The van der Waals surface area contributed by atoms with Crippen LogP contribution >= 0.6 is 12.2 Å². The van der Waals surface area contributed by atoms with Crippen LogP contribution in [-0.2, 0) is 7.05 Å². The van der Waals surface area contributed by atoms with Crippen LogP contribution in [0.2, 0.25) is 0 Å². The minimum absolute atomic E-state index is 0.250. The number of hydrogen-bond donors (Lipinski definition) is 1. The lowest BCUT2D eigenvalue weighted by Crippen LogP contribution is -2.19. The summed E-state index contributed by atoms with van der Waals surface area (Å²) >= 11 is 5.07. The predicted molar refractivity (Wildman–Crippen MR) is 67.5 cm³/mol. The fraction of sp³-hybridized carbons (Fsp3) is 0.273. The van der Waals surface area contributed by atoms with Crippen molar-refractivity contribution in [2.45, 2.75) is 6.92 Å². The highest BCUT2D eigenvalue weighted by Gasteiger charge is 2.12. The quantitative estimate of drug-likeness (QED) is 0.853. The topological polar surface area (TPSA) is 36.9 Å². The highest BCUT2D eigenvalue weighted by molar-refractivity contribution is 7.71. The van der Waals surface area contributed by atoms with Gasteiger partial charge in [0.05, 0.1) is 0 Å². The molecule has 0 aliphatic carbocycles. The minimum Gasteiger partial charge on any atom is -0.311 e. The standard InChI is InChI=1S/C11H13FN4S/c1-3-16(9-6-4-8(12)5-7-9)10-13-14-11(17)15(10)2/h4-7H,3H2,1-2H3,(H,14,17). The van der Waals surface area contributed by atoms with E-state index in [9.17, 15) is 4.39 Å². The van der Waals surface area contributed by atoms with Crippen LogP contribution < -0.4 is 4.90 Å². The first-order valence-electron chi connectivity index (χ1n) is 5.28. The van der Waals surface area contributed by atoms with Crippen molar-refractivity contribution >= 4 is 23.9 Å². The third-order valence-electron chi connectivity index (χ3n) is 2.55. The zero-order chi connectivity index (χ0) is 12.4. The Hall–Kier alpha value is -1.69. The highest BCUT2D eigenvalue weighted by Crippen LogP contribution is 2.22. The fourth-order valence-corrected chi connectivity index (χ4v) is 1.77. The van der Waals surface area contributed by atoms with Crippen molar-refractivity contribution in [1.82, 2.24) is 14.8 Å². The van der Waals surface area contributed by atoms with Crippen molar-refractivity contribution < 1.29 is 4.39 Å². The first-order valence-corrected chi connectivity index (χ1v) is 5.68. The molecule has 6 heteroatoms. The van der Waals surface area contributed by atoms with Crippen LogP contribution in [-0.4, -0.2) is 21.3 Å². The molecule has 2 rings (SSSR count). The molecule has 0 saturated heterocycles. The van der Waals surface area contributed by atoms with Gasteiger partial charge in [0.15, 0.2) is 4.77 Å².